The molecule has 1 saturated heterocycles. The van der Waals surface area contributed by atoms with Crippen molar-refractivity contribution >= 4 is 15.9 Å². The van der Waals surface area contributed by atoms with Crippen LogP contribution < -0.4 is 24.3 Å². The Morgan fingerprint density at radius 1 is 1.00 bits per heavy atom. The van der Waals surface area contributed by atoms with Gasteiger partial charge in [0.2, 0.25) is 22.7 Å². The number of nitrogens with one attached hydrogen (secondary N) is 1. The highest BCUT2D eigenvalue weighted by Gasteiger charge is 2.35. The van der Waals surface area contributed by atoms with Crippen LogP contribution in [0.3, 0.4) is 0 Å². The average molecular weight is 491 g/mol. The maximum atomic E-state index is 13.1. The highest BCUT2D eigenvalue weighted by molar-refractivity contribution is 7.89. The topological polar surface area (TPSA) is 103 Å². The first-order valence-electron chi connectivity index (χ1n) is 11.1. The van der Waals surface area contributed by atoms with Gasteiger partial charge in [-0.2, -0.15) is 4.31 Å². The van der Waals surface area contributed by atoms with Gasteiger partial charge in [-0.1, -0.05) is 6.07 Å². The van der Waals surface area contributed by atoms with Gasteiger partial charge in [0.15, 0.2) is 23.0 Å². The standard InChI is InChI=1S/C24H30N2O7S/c1-24(2,17-5-7-20-22(13-17)33-15-32-20)25-23(27)16-9-11-26(12-10-16)34(28,29)18-6-8-19(30-3)21(14-18)31-4/h5-8,13-14,16H,9-12,15H2,1-4H3,(H,25,27). The fourth-order valence-electron chi connectivity index (χ4n) is 4.25. The third-order valence-electron chi connectivity index (χ3n) is 6.35. The van der Waals surface area contributed by atoms with Gasteiger partial charge in [0.05, 0.1) is 24.7 Å². The molecule has 34 heavy (non-hydrogen) atoms. The zero-order valence-electron chi connectivity index (χ0n) is 19.8. The van der Waals surface area contributed by atoms with E-state index in [2.05, 4.69) is 5.32 Å². The molecule has 2 aromatic carbocycles. The van der Waals surface area contributed by atoms with Crippen molar-refractivity contribution in [2.75, 3.05) is 34.1 Å². The predicted molar refractivity (Wildman–Crippen MR) is 125 cm³/mol. The van der Waals surface area contributed by atoms with E-state index in [1.807, 2.05) is 32.0 Å². The number of carbonyl (C=O) groups is 1. The lowest BCUT2D eigenvalue weighted by molar-refractivity contribution is -0.127. The van der Waals surface area contributed by atoms with Crippen LogP contribution in [0.2, 0.25) is 0 Å². The van der Waals surface area contributed by atoms with Gasteiger partial charge in [-0.05, 0) is 56.5 Å². The van der Waals surface area contributed by atoms with Crippen LogP contribution in [0.25, 0.3) is 0 Å². The zero-order valence-corrected chi connectivity index (χ0v) is 20.6. The number of methoxy groups -OCH3 is 2. The molecular weight excluding hydrogens is 460 g/mol. The third-order valence-corrected chi connectivity index (χ3v) is 8.24. The van der Waals surface area contributed by atoms with Crippen LogP contribution in [0, 0.1) is 5.92 Å². The van der Waals surface area contributed by atoms with E-state index < -0.39 is 15.6 Å². The van der Waals surface area contributed by atoms with Crippen molar-refractivity contribution in [3.8, 4) is 23.0 Å². The molecule has 1 fully saturated rings. The molecule has 0 radical (unpaired) electrons. The molecule has 9 nitrogen and oxygen atoms in total. The number of benzene rings is 2. The first-order chi connectivity index (χ1) is 16.2. The van der Waals surface area contributed by atoms with E-state index in [9.17, 15) is 13.2 Å². The molecule has 2 aromatic rings. The summed E-state index contributed by atoms with van der Waals surface area (Å²) in [5, 5.41) is 3.11. The van der Waals surface area contributed by atoms with Crippen LogP contribution >= 0.6 is 0 Å². The van der Waals surface area contributed by atoms with Crippen LogP contribution in [-0.4, -0.2) is 52.7 Å². The monoisotopic (exact) mass is 490 g/mol. The van der Waals surface area contributed by atoms with Gasteiger partial charge in [-0.25, -0.2) is 8.42 Å². The van der Waals surface area contributed by atoms with E-state index >= 15 is 0 Å². The van der Waals surface area contributed by atoms with E-state index in [-0.39, 0.29) is 36.6 Å². The second kappa shape index (κ2) is 9.34. The summed E-state index contributed by atoms with van der Waals surface area (Å²) < 4.78 is 49.0. The molecule has 1 amide bonds. The molecule has 2 aliphatic rings. The first-order valence-corrected chi connectivity index (χ1v) is 12.5. The Hall–Kier alpha value is -2.98. The van der Waals surface area contributed by atoms with Crippen LogP contribution in [0.5, 0.6) is 23.0 Å². The fraction of sp³-hybridized carbons (Fsp3) is 0.458. The van der Waals surface area contributed by atoms with E-state index in [4.69, 9.17) is 18.9 Å². The Balaban J connectivity index is 1.40. The second-order valence-electron chi connectivity index (χ2n) is 8.88. The fourth-order valence-corrected chi connectivity index (χ4v) is 5.74. The average Bonchev–Trinajstić information content (AvgIpc) is 3.31. The summed E-state index contributed by atoms with van der Waals surface area (Å²) in [6.45, 7) is 4.58. The molecular formula is C24H30N2O7S. The predicted octanol–water partition coefficient (Wildman–Crippen LogP) is 2.88. The van der Waals surface area contributed by atoms with Crippen LogP contribution in [0.1, 0.15) is 32.3 Å². The second-order valence-corrected chi connectivity index (χ2v) is 10.8. The van der Waals surface area contributed by atoms with Crippen molar-refractivity contribution in [1.29, 1.82) is 0 Å². The van der Waals surface area contributed by atoms with Crippen molar-refractivity contribution in [2.45, 2.75) is 37.1 Å². The molecule has 2 heterocycles. The number of hydrogen-bond donors (Lipinski definition) is 1. The molecule has 0 spiro atoms. The quantitative estimate of drug-likeness (QED) is 0.637. The van der Waals surface area contributed by atoms with Crippen molar-refractivity contribution in [3.63, 3.8) is 0 Å². The molecule has 0 unspecified atom stereocenters. The van der Waals surface area contributed by atoms with E-state index in [1.165, 1.54) is 30.7 Å². The van der Waals surface area contributed by atoms with E-state index in [1.54, 1.807) is 6.07 Å². The molecule has 0 bridgehead atoms. The number of nitrogens with zero attached hydrogens (tertiary/aromatic N) is 1. The zero-order chi connectivity index (χ0) is 24.5. The Bertz CT molecular complexity index is 1170. The molecule has 0 saturated carbocycles. The minimum atomic E-state index is -3.71. The Kier molecular flexibility index (Phi) is 6.64. The molecule has 1 N–H and O–H groups in total. The van der Waals surface area contributed by atoms with Crippen molar-refractivity contribution in [1.82, 2.24) is 9.62 Å². The number of amides is 1. The van der Waals surface area contributed by atoms with Gasteiger partial charge >= 0.3 is 0 Å². The lowest BCUT2D eigenvalue weighted by Crippen LogP contribution is -2.47. The third kappa shape index (κ3) is 4.65. The van der Waals surface area contributed by atoms with Crippen molar-refractivity contribution < 1.29 is 32.2 Å². The number of piperidine rings is 1. The van der Waals surface area contributed by atoms with Gasteiger partial charge in [-0.15, -0.1) is 0 Å². The summed E-state index contributed by atoms with van der Waals surface area (Å²) in [5.74, 6) is 1.80. The molecule has 0 aromatic heterocycles. The van der Waals surface area contributed by atoms with Crippen LogP contribution in [0.4, 0.5) is 0 Å². The Morgan fingerprint density at radius 3 is 2.35 bits per heavy atom. The summed E-state index contributed by atoms with van der Waals surface area (Å²) >= 11 is 0. The van der Waals surface area contributed by atoms with E-state index in [0.29, 0.717) is 35.8 Å². The minimum absolute atomic E-state index is 0.0918. The Morgan fingerprint density at radius 2 is 1.68 bits per heavy atom. The number of fused-ring (bicyclic) bond motifs is 1. The SMILES string of the molecule is COc1ccc(S(=O)(=O)N2CCC(C(=O)NC(C)(C)c3ccc4c(c3)OCO4)CC2)cc1OC. The summed E-state index contributed by atoms with van der Waals surface area (Å²) in [6.07, 6.45) is 0.880. The maximum Gasteiger partial charge on any atom is 0.243 e. The molecule has 184 valence electrons. The molecule has 2 aliphatic heterocycles. The van der Waals surface area contributed by atoms with Crippen LogP contribution in [-0.2, 0) is 20.4 Å². The summed E-state index contributed by atoms with van der Waals surface area (Å²) in [6, 6.07) is 10.2. The number of rotatable bonds is 7. The molecule has 0 atom stereocenters. The first kappa shape index (κ1) is 24.2. The van der Waals surface area contributed by atoms with Crippen LogP contribution in [0.15, 0.2) is 41.3 Å². The lowest BCUT2D eigenvalue weighted by Gasteiger charge is -2.34. The highest BCUT2D eigenvalue weighted by atomic mass is 32.2. The number of sulfonamides is 1. The molecule has 10 heteroatoms. The summed E-state index contributed by atoms with van der Waals surface area (Å²) in [5.41, 5.74) is 0.277. The van der Waals surface area contributed by atoms with E-state index in [0.717, 1.165) is 5.56 Å². The largest absolute Gasteiger partial charge is 0.493 e. The van der Waals surface area contributed by atoms with Crippen molar-refractivity contribution in [2.24, 2.45) is 5.92 Å². The summed E-state index contributed by atoms with van der Waals surface area (Å²) in [4.78, 5) is 13.2. The number of carbonyl (C=O) groups excluding carboxylic acids is 1. The Labute approximate surface area is 200 Å². The number of ether oxygens (including phenoxy) is 4. The van der Waals surface area contributed by atoms with Gasteiger partial charge < -0.3 is 24.3 Å². The molecule has 0 aliphatic carbocycles. The van der Waals surface area contributed by atoms with Gasteiger partial charge in [0.1, 0.15) is 0 Å². The van der Waals surface area contributed by atoms with Crippen molar-refractivity contribution in [3.05, 3.63) is 42.0 Å². The number of hydrogen-bond acceptors (Lipinski definition) is 7. The summed E-state index contributed by atoms with van der Waals surface area (Å²) in [7, 11) is -0.755. The smallest absolute Gasteiger partial charge is 0.243 e. The lowest BCUT2D eigenvalue weighted by atomic mass is 9.91. The van der Waals surface area contributed by atoms with Gasteiger partial charge in [0.25, 0.3) is 0 Å². The highest BCUT2D eigenvalue weighted by Crippen LogP contribution is 2.36. The maximum absolute atomic E-state index is 13.1. The minimum Gasteiger partial charge on any atom is -0.493 e. The van der Waals surface area contributed by atoms with Gasteiger partial charge in [-0.3, -0.25) is 4.79 Å². The molecule has 4 rings (SSSR count). The normalized spacial score (nSPS) is 16.8. The van der Waals surface area contributed by atoms with Gasteiger partial charge in [0, 0.05) is 25.1 Å².